The van der Waals surface area contributed by atoms with Crippen molar-refractivity contribution in [2.45, 2.75) is 27.3 Å². The standard InChI is InChI=1S/C17H22F2N4OS/c1-4-20-17(22-10-16-11(2)23-12(3)25-16)21-7-8-24-15-6-5-13(18)9-14(15)19/h5-6,9H,4,7-8,10H2,1-3H3,(H2,20,21,22). The summed E-state index contributed by atoms with van der Waals surface area (Å²) in [6.07, 6.45) is 0. The molecule has 0 saturated carbocycles. The third-order valence-electron chi connectivity index (χ3n) is 3.27. The van der Waals surface area contributed by atoms with Gasteiger partial charge in [0.1, 0.15) is 12.4 Å². The summed E-state index contributed by atoms with van der Waals surface area (Å²) in [5, 5.41) is 7.28. The number of thiazole rings is 1. The minimum absolute atomic E-state index is 0.0286. The van der Waals surface area contributed by atoms with Crippen LogP contribution in [0, 0.1) is 25.5 Å². The van der Waals surface area contributed by atoms with Crippen molar-refractivity contribution < 1.29 is 13.5 Å². The molecule has 0 aliphatic heterocycles. The minimum atomic E-state index is -0.711. The van der Waals surface area contributed by atoms with Gasteiger partial charge >= 0.3 is 0 Å². The molecule has 0 bridgehead atoms. The summed E-state index contributed by atoms with van der Waals surface area (Å²) in [7, 11) is 0. The fourth-order valence-electron chi connectivity index (χ4n) is 2.14. The Labute approximate surface area is 150 Å². The Morgan fingerprint density at radius 3 is 2.72 bits per heavy atom. The predicted octanol–water partition coefficient (Wildman–Crippen LogP) is 3.17. The molecule has 8 heteroatoms. The molecule has 25 heavy (non-hydrogen) atoms. The fraction of sp³-hybridized carbons (Fsp3) is 0.412. The van der Waals surface area contributed by atoms with Crippen LogP contribution >= 0.6 is 11.3 Å². The number of aryl methyl sites for hydroxylation is 2. The van der Waals surface area contributed by atoms with Crippen molar-refractivity contribution in [3.63, 3.8) is 0 Å². The molecule has 1 aromatic heterocycles. The van der Waals surface area contributed by atoms with E-state index in [2.05, 4.69) is 20.6 Å². The minimum Gasteiger partial charge on any atom is -0.489 e. The maximum absolute atomic E-state index is 13.5. The van der Waals surface area contributed by atoms with Crippen LogP contribution in [0.5, 0.6) is 5.75 Å². The smallest absolute Gasteiger partial charge is 0.191 e. The normalized spacial score (nSPS) is 11.5. The first kappa shape index (κ1) is 19.1. The van der Waals surface area contributed by atoms with E-state index in [1.807, 2.05) is 20.8 Å². The number of aliphatic imine (C=N–C) groups is 1. The van der Waals surface area contributed by atoms with Gasteiger partial charge in [0.15, 0.2) is 17.5 Å². The van der Waals surface area contributed by atoms with E-state index in [0.29, 0.717) is 19.0 Å². The van der Waals surface area contributed by atoms with Gasteiger partial charge in [-0.25, -0.2) is 18.8 Å². The Hall–Kier alpha value is -2.22. The molecular formula is C17H22F2N4OS. The van der Waals surface area contributed by atoms with E-state index < -0.39 is 11.6 Å². The van der Waals surface area contributed by atoms with Crippen molar-refractivity contribution >= 4 is 17.3 Å². The molecule has 0 amide bonds. The number of nitrogens with one attached hydrogen (secondary N) is 2. The van der Waals surface area contributed by atoms with Crippen LogP contribution in [0.3, 0.4) is 0 Å². The summed E-state index contributed by atoms with van der Waals surface area (Å²) in [6.45, 7) is 7.85. The maximum Gasteiger partial charge on any atom is 0.191 e. The van der Waals surface area contributed by atoms with Crippen LogP contribution in [0.1, 0.15) is 22.5 Å². The highest BCUT2D eigenvalue weighted by atomic mass is 32.1. The topological polar surface area (TPSA) is 58.5 Å². The highest BCUT2D eigenvalue weighted by Crippen LogP contribution is 2.18. The molecule has 0 unspecified atom stereocenters. The number of hydrogen-bond acceptors (Lipinski definition) is 4. The largest absolute Gasteiger partial charge is 0.489 e. The van der Waals surface area contributed by atoms with Crippen molar-refractivity contribution in [3.05, 3.63) is 45.4 Å². The molecule has 1 heterocycles. The number of nitrogens with zero attached hydrogens (tertiary/aromatic N) is 2. The van der Waals surface area contributed by atoms with Gasteiger partial charge in [-0.1, -0.05) is 0 Å². The van der Waals surface area contributed by atoms with Crippen molar-refractivity contribution in [3.8, 4) is 5.75 Å². The van der Waals surface area contributed by atoms with Gasteiger partial charge in [-0.3, -0.25) is 0 Å². The third-order valence-corrected chi connectivity index (χ3v) is 4.33. The summed E-state index contributed by atoms with van der Waals surface area (Å²) in [5.74, 6) is -0.660. The van der Waals surface area contributed by atoms with Crippen LogP contribution in [0.4, 0.5) is 8.78 Å². The molecular weight excluding hydrogens is 346 g/mol. The van der Waals surface area contributed by atoms with Gasteiger partial charge in [0, 0.05) is 17.5 Å². The zero-order valence-electron chi connectivity index (χ0n) is 14.5. The van der Waals surface area contributed by atoms with Crippen molar-refractivity contribution in [2.24, 2.45) is 4.99 Å². The number of aromatic nitrogens is 1. The molecule has 0 aliphatic carbocycles. The van der Waals surface area contributed by atoms with E-state index in [4.69, 9.17) is 4.74 Å². The molecule has 2 N–H and O–H groups in total. The number of ether oxygens (including phenoxy) is 1. The van der Waals surface area contributed by atoms with Crippen molar-refractivity contribution in [1.29, 1.82) is 0 Å². The van der Waals surface area contributed by atoms with Crippen LogP contribution in [-0.4, -0.2) is 30.6 Å². The van der Waals surface area contributed by atoms with Gasteiger partial charge in [0.25, 0.3) is 0 Å². The Morgan fingerprint density at radius 2 is 2.08 bits per heavy atom. The Bertz CT molecular complexity index is 733. The lowest BCUT2D eigenvalue weighted by Crippen LogP contribution is -2.39. The Morgan fingerprint density at radius 1 is 1.28 bits per heavy atom. The monoisotopic (exact) mass is 368 g/mol. The van der Waals surface area contributed by atoms with Crippen LogP contribution in [0.15, 0.2) is 23.2 Å². The van der Waals surface area contributed by atoms with Crippen LogP contribution in [-0.2, 0) is 6.54 Å². The molecule has 0 fully saturated rings. The number of hydrogen-bond donors (Lipinski definition) is 2. The zero-order valence-corrected chi connectivity index (χ0v) is 15.3. The second kappa shape index (κ2) is 9.31. The molecule has 0 atom stereocenters. The number of halogens is 2. The number of rotatable bonds is 7. The highest BCUT2D eigenvalue weighted by molar-refractivity contribution is 7.11. The van der Waals surface area contributed by atoms with Gasteiger partial charge in [0.05, 0.1) is 23.8 Å². The van der Waals surface area contributed by atoms with Crippen molar-refractivity contribution in [1.82, 2.24) is 15.6 Å². The first-order chi connectivity index (χ1) is 12.0. The van der Waals surface area contributed by atoms with E-state index in [9.17, 15) is 8.78 Å². The molecule has 5 nitrogen and oxygen atoms in total. The summed E-state index contributed by atoms with van der Waals surface area (Å²) >= 11 is 1.63. The molecule has 0 aliphatic rings. The third kappa shape index (κ3) is 5.97. The molecule has 0 saturated heterocycles. The molecule has 136 valence electrons. The van der Waals surface area contributed by atoms with Crippen LogP contribution in [0.2, 0.25) is 0 Å². The van der Waals surface area contributed by atoms with E-state index in [1.165, 1.54) is 6.07 Å². The summed E-state index contributed by atoms with van der Waals surface area (Å²) in [4.78, 5) is 10.0. The van der Waals surface area contributed by atoms with Gasteiger partial charge in [0.2, 0.25) is 0 Å². The van der Waals surface area contributed by atoms with Gasteiger partial charge in [-0.05, 0) is 32.9 Å². The van der Waals surface area contributed by atoms with Gasteiger partial charge in [-0.2, -0.15) is 0 Å². The SMILES string of the molecule is CCNC(=NCc1sc(C)nc1C)NCCOc1ccc(F)cc1F. The average molecular weight is 368 g/mol. The first-order valence-corrected chi connectivity index (χ1v) is 8.84. The second-order valence-corrected chi connectivity index (χ2v) is 6.57. The van der Waals surface area contributed by atoms with E-state index >= 15 is 0 Å². The van der Waals surface area contributed by atoms with Crippen LogP contribution in [0.25, 0.3) is 0 Å². The second-order valence-electron chi connectivity index (χ2n) is 5.29. The molecule has 2 rings (SSSR count). The lowest BCUT2D eigenvalue weighted by Gasteiger charge is -2.12. The maximum atomic E-state index is 13.5. The predicted molar refractivity (Wildman–Crippen MR) is 96.3 cm³/mol. The lowest BCUT2D eigenvalue weighted by atomic mass is 10.3. The highest BCUT2D eigenvalue weighted by Gasteiger charge is 2.06. The first-order valence-electron chi connectivity index (χ1n) is 8.02. The quantitative estimate of drug-likeness (QED) is 0.448. The van der Waals surface area contributed by atoms with Gasteiger partial charge in [-0.15, -0.1) is 11.3 Å². The average Bonchev–Trinajstić information content (AvgIpc) is 2.88. The summed E-state index contributed by atoms with van der Waals surface area (Å²) in [6, 6.07) is 3.24. The number of benzene rings is 1. The zero-order chi connectivity index (χ0) is 18.2. The Balaban J connectivity index is 1.84. The molecule has 2 aromatic rings. The number of guanidine groups is 1. The Kier molecular flexibility index (Phi) is 7.12. The molecule has 0 spiro atoms. The van der Waals surface area contributed by atoms with Crippen LogP contribution < -0.4 is 15.4 Å². The summed E-state index contributed by atoms with van der Waals surface area (Å²) < 4.78 is 31.6. The van der Waals surface area contributed by atoms with E-state index in [1.54, 1.807) is 11.3 Å². The van der Waals surface area contributed by atoms with Crippen molar-refractivity contribution in [2.75, 3.05) is 19.7 Å². The molecule has 1 aromatic carbocycles. The fourth-order valence-corrected chi connectivity index (χ4v) is 3.00. The van der Waals surface area contributed by atoms with Gasteiger partial charge < -0.3 is 15.4 Å². The summed E-state index contributed by atoms with van der Waals surface area (Å²) in [5.41, 5.74) is 0.997. The van der Waals surface area contributed by atoms with E-state index in [-0.39, 0.29) is 12.4 Å². The van der Waals surface area contributed by atoms with E-state index in [0.717, 1.165) is 34.3 Å². The molecule has 0 radical (unpaired) electrons. The lowest BCUT2D eigenvalue weighted by molar-refractivity contribution is 0.304.